The molecule has 0 radical (unpaired) electrons. The minimum atomic E-state index is 0.00778. The lowest BCUT2D eigenvalue weighted by Crippen LogP contribution is -2.46. The summed E-state index contributed by atoms with van der Waals surface area (Å²) in [5.41, 5.74) is 3.10. The average Bonchev–Trinajstić information content (AvgIpc) is 3.42. The number of ether oxygens (including phenoxy) is 2. The number of fused-ring (bicyclic) bond motifs is 1. The maximum absolute atomic E-state index is 13.2. The number of nitrogens with zero attached hydrogens (tertiary/aromatic N) is 2. The van der Waals surface area contributed by atoms with Crippen LogP contribution in [-0.4, -0.2) is 48.7 Å². The predicted molar refractivity (Wildman–Crippen MR) is 130 cm³/mol. The van der Waals surface area contributed by atoms with Gasteiger partial charge in [0.05, 0.1) is 11.6 Å². The van der Waals surface area contributed by atoms with Crippen LogP contribution in [0, 0.1) is 5.92 Å². The smallest absolute Gasteiger partial charge is 0.258 e. The second kappa shape index (κ2) is 7.92. The Balaban J connectivity index is 1.15. The second-order valence-corrected chi connectivity index (χ2v) is 10.5. The maximum Gasteiger partial charge on any atom is 0.258 e. The van der Waals surface area contributed by atoms with Crippen molar-refractivity contribution in [1.82, 2.24) is 4.90 Å². The number of anilines is 1. The number of halogens is 1. The summed E-state index contributed by atoms with van der Waals surface area (Å²) in [5.74, 6) is 2.33. The van der Waals surface area contributed by atoms with E-state index in [4.69, 9.17) is 21.1 Å². The molecule has 2 aliphatic heterocycles. The Morgan fingerprint density at radius 1 is 1.18 bits per heavy atom. The van der Waals surface area contributed by atoms with E-state index in [1.165, 1.54) is 12.8 Å². The number of likely N-dealkylation sites (tertiary alicyclic amines) is 1. The molecule has 2 saturated carbocycles. The number of carbonyl (C=O) groups is 1. The van der Waals surface area contributed by atoms with E-state index in [-0.39, 0.29) is 12.0 Å². The highest BCUT2D eigenvalue weighted by molar-refractivity contribution is 6.32. The largest absolute Gasteiger partial charge is 0.494 e. The van der Waals surface area contributed by atoms with Crippen LogP contribution < -0.4 is 14.4 Å². The lowest BCUT2D eigenvalue weighted by Gasteiger charge is -2.43. The van der Waals surface area contributed by atoms with Gasteiger partial charge in [0, 0.05) is 35.8 Å². The monoisotopic (exact) mass is 466 g/mol. The molecule has 6 heteroatoms. The van der Waals surface area contributed by atoms with Crippen molar-refractivity contribution in [3.05, 3.63) is 52.5 Å². The van der Waals surface area contributed by atoms with E-state index >= 15 is 0 Å². The molecule has 2 unspecified atom stereocenters. The van der Waals surface area contributed by atoms with Gasteiger partial charge in [-0.2, -0.15) is 0 Å². The van der Waals surface area contributed by atoms with Crippen LogP contribution in [0.4, 0.5) is 5.69 Å². The van der Waals surface area contributed by atoms with Gasteiger partial charge in [-0.15, -0.1) is 0 Å². The fourth-order valence-corrected chi connectivity index (χ4v) is 6.73. The van der Waals surface area contributed by atoms with Crippen LogP contribution in [0.15, 0.2) is 36.4 Å². The van der Waals surface area contributed by atoms with E-state index in [0.29, 0.717) is 29.8 Å². The molecule has 2 aliphatic carbocycles. The standard InChI is InChI=1S/C27H31ClN2O3/c1-3-12-32-20-5-6-22-17(13-20)9-11-30(26(22)31)19-4-7-24(23(28)15-19)33-21-14-18-8-10-27(18)25(16-21)29(27)2/h4-7,13,15,18,21,25H,3,8-12,14,16H2,1-2H3/t18-,21+,25-,27?,29?/m1/s1. The van der Waals surface area contributed by atoms with E-state index < -0.39 is 0 Å². The molecular weight excluding hydrogens is 436 g/mol. The second-order valence-electron chi connectivity index (χ2n) is 10.1. The molecule has 1 amide bonds. The van der Waals surface area contributed by atoms with Crippen LogP contribution in [-0.2, 0) is 6.42 Å². The third kappa shape index (κ3) is 3.35. The van der Waals surface area contributed by atoms with Crippen LogP contribution in [0.3, 0.4) is 0 Å². The Morgan fingerprint density at radius 3 is 2.79 bits per heavy atom. The average molecular weight is 467 g/mol. The lowest BCUT2D eigenvalue weighted by atomic mass is 9.64. The number of hydrogen-bond donors (Lipinski definition) is 0. The summed E-state index contributed by atoms with van der Waals surface area (Å²) in [6.45, 7) is 3.40. The summed E-state index contributed by atoms with van der Waals surface area (Å²) < 4.78 is 12.1. The zero-order chi connectivity index (χ0) is 22.7. The van der Waals surface area contributed by atoms with Crippen molar-refractivity contribution in [2.24, 2.45) is 5.92 Å². The molecule has 33 heavy (non-hydrogen) atoms. The van der Waals surface area contributed by atoms with E-state index in [9.17, 15) is 4.79 Å². The Kier molecular flexibility index (Phi) is 5.11. The molecule has 4 aliphatic rings. The number of carbonyl (C=O) groups excluding carboxylic acids is 1. The summed E-state index contributed by atoms with van der Waals surface area (Å²) in [5, 5.41) is 0.573. The van der Waals surface area contributed by atoms with Gasteiger partial charge >= 0.3 is 0 Å². The molecule has 5 nitrogen and oxygen atoms in total. The number of amides is 1. The van der Waals surface area contributed by atoms with Gasteiger partial charge in [-0.1, -0.05) is 18.5 Å². The van der Waals surface area contributed by atoms with Crippen molar-refractivity contribution < 1.29 is 14.3 Å². The van der Waals surface area contributed by atoms with Crippen LogP contribution in [0.2, 0.25) is 5.02 Å². The highest BCUT2D eigenvalue weighted by atomic mass is 35.5. The van der Waals surface area contributed by atoms with Gasteiger partial charge in [0.1, 0.15) is 17.6 Å². The van der Waals surface area contributed by atoms with Gasteiger partial charge in [0.15, 0.2) is 0 Å². The molecule has 174 valence electrons. The summed E-state index contributed by atoms with van der Waals surface area (Å²) >= 11 is 6.65. The van der Waals surface area contributed by atoms with Crippen molar-refractivity contribution >= 4 is 23.2 Å². The Labute approximate surface area is 200 Å². The van der Waals surface area contributed by atoms with Crippen molar-refractivity contribution in [3.63, 3.8) is 0 Å². The Morgan fingerprint density at radius 2 is 2.06 bits per heavy atom. The third-order valence-electron chi connectivity index (χ3n) is 8.42. The molecule has 1 saturated heterocycles. The zero-order valence-electron chi connectivity index (χ0n) is 19.4. The van der Waals surface area contributed by atoms with Gasteiger partial charge in [-0.25, -0.2) is 0 Å². The molecule has 3 fully saturated rings. The van der Waals surface area contributed by atoms with Crippen LogP contribution >= 0.6 is 11.6 Å². The van der Waals surface area contributed by atoms with Crippen molar-refractivity contribution in [3.8, 4) is 11.5 Å². The SMILES string of the molecule is CCCOc1ccc2c(c1)CCN(c1ccc(O[C@H]3C[C@H]4CCC45[C@@H](C3)N5C)c(Cl)c1)C2=O. The van der Waals surface area contributed by atoms with Crippen LogP contribution in [0.5, 0.6) is 11.5 Å². The van der Waals surface area contributed by atoms with E-state index in [1.807, 2.05) is 41.3 Å². The van der Waals surface area contributed by atoms with Gasteiger partial charge in [0.2, 0.25) is 0 Å². The van der Waals surface area contributed by atoms with Gasteiger partial charge < -0.3 is 14.4 Å². The molecule has 1 spiro atoms. The first-order valence-electron chi connectivity index (χ1n) is 12.3. The minimum absolute atomic E-state index is 0.00778. The normalized spacial score (nSPS) is 31.7. The summed E-state index contributed by atoms with van der Waals surface area (Å²) in [7, 11) is 2.26. The molecule has 2 aromatic rings. The number of likely N-dealkylation sites (N-methyl/N-ethyl adjacent to an activating group) is 1. The number of benzene rings is 2. The molecule has 0 bridgehead atoms. The molecule has 5 atom stereocenters. The third-order valence-corrected chi connectivity index (χ3v) is 8.71. The summed E-state index contributed by atoms with van der Waals surface area (Å²) in [6.07, 6.45) is 6.83. The molecule has 6 rings (SSSR count). The van der Waals surface area contributed by atoms with Crippen LogP contribution in [0.25, 0.3) is 0 Å². The predicted octanol–water partition coefficient (Wildman–Crippen LogP) is 5.34. The Bertz CT molecular complexity index is 1090. The highest BCUT2D eigenvalue weighted by Gasteiger charge is 2.71. The topological polar surface area (TPSA) is 41.8 Å². The fraction of sp³-hybridized carbons (Fsp3) is 0.519. The first-order chi connectivity index (χ1) is 16.0. The van der Waals surface area contributed by atoms with Crippen molar-refractivity contribution in [1.29, 1.82) is 0 Å². The molecule has 2 heterocycles. The van der Waals surface area contributed by atoms with E-state index in [2.05, 4.69) is 18.9 Å². The quantitative estimate of drug-likeness (QED) is 0.539. The van der Waals surface area contributed by atoms with E-state index in [1.54, 1.807) is 0 Å². The lowest BCUT2D eigenvalue weighted by molar-refractivity contribution is 0.0655. The minimum Gasteiger partial charge on any atom is -0.494 e. The molecule has 0 aromatic heterocycles. The summed E-state index contributed by atoms with van der Waals surface area (Å²) in [6, 6.07) is 12.2. The highest BCUT2D eigenvalue weighted by Crippen LogP contribution is 2.64. The first kappa shape index (κ1) is 21.3. The van der Waals surface area contributed by atoms with Crippen LogP contribution in [0.1, 0.15) is 54.9 Å². The Hall–Kier alpha value is -2.24. The molecule has 0 N–H and O–H groups in total. The van der Waals surface area contributed by atoms with E-state index in [0.717, 1.165) is 59.9 Å². The fourth-order valence-electron chi connectivity index (χ4n) is 6.51. The number of rotatable bonds is 6. The van der Waals surface area contributed by atoms with Crippen molar-refractivity contribution in [2.75, 3.05) is 25.1 Å². The first-order valence-corrected chi connectivity index (χ1v) is 12.7. The maximum atomic E-state index is 13.2. The molecular formula is C27H31ClN2O3. The zero-order valence-corrected chi connectivity index (χ0v) is 20.1. The van der Waals surface area contributed by atoms with Gasteiger partial charge in [-0.05, 0) is 87.0 Å². The van der Waals surface area contributed by atoms with Crippen molar-refractivity contribution in [2.45, 2.75) is 63.1 Å². The summed E-state index contributed by atoms with van der Waals surface area (Å²) in [4.78, 5) is 17.6. The van der Waals surface area contributed by atoms with Gasteiger partial charge in [-0.3, -0.25) is 9.69 Å². The van der Waals surface area contributed by atoms with Gasteiger partial charge in [0.25, 0.3) is 5.91 Å². The number of hydrogen-bond acceptors (Lipinski definition) is 4. The molecule has 2 aromatic carbocycles.